The minimum atomic E-state index is -0.637. The van der Waals surface area contributed by atoms with Gasteiger partial charge in [-0.25, -0.2) is 9.37 Å². The number of carbonyl (C=O) groups excluding carboxylic acids is 3. The fourth-order valence-corrected chi connectivity index (χ4v) is 4.03. The molecule has 4 rings (SSSR count). The number of nitro benzene ring substituents is 1. The van der Waals surface area contributed by atoms with Crippen LogP contribution in [0.5, 0.6) is 0 Å². The smallest absolute Gasteiger partial charge is 0.270 e. The molecule has 0 saturated carbocycles. The number of benzene rings is 2. The highest BCUT2D eigenvalue weighted by atomic mass is 32.1. The first kappa shape index (κ1) is 19.6. The summed E-state index contributed by atoms with van der Waals surface area (Å²) in [7, 11) is 0. The SMILES string of the molecule is O=C(CCCN1C(=O)c2ccc([N+](=O)[O-])cc2C1=O)Nc1nc2ccc(F)cc2s1. The Morgan fingerprint density at radius 2 is 1.93 bits per heavy atom. The number of carbonyl (C=O) groups is 3. The van der Waals surface area contributed by atoms with Crippen LogP contribution < -0.4 is 5.32 Å². The molecule has 0 saturated heterocycles. The normalized spacial score (nSPS) is 13.0. The minimum absolute atomic E-state index is 0.00137. The molecule has 1 aliphatic heterocycles. The third-order valence-corrected chi connectivity index (χ3v) is 5.48. The van der Waals surface area contributed by atoms with Crippen molar-refractivity contribution in [3.8, 4) is 0 Å². The van der Waals surface area contributed by atoms with E-state index < -0.39 is 22.6 Å². The van der Waals surface area contributed by atoms with Crippen molar-refractivity contribution in [1.82, 2.24) is 9.88 Å². The number of anilines is 1. The summed E-state index contributed by atoms with van der Waals surface area (Å²) in [6.07, 6.45) is 0.233. The summed E-state index contributed by atoms with van der Waals surface area (Å²) >= 11 is 1.14. The molecule has 2 aromatic carbocycles. The van der Waals surface area contributed by atoms with Crippen LogP contribution in [-0.2, 0) is 4.79 Å². The molecule has 9 nitrogen and oxygen atoms in total. The topological polar surface area (TPSA) is 123 Å². The number of thiazole rings is 1. The average molecular weight is 428 g/mol. The first-order valence-corrected chi connectivity index (χ1v) is 9.66. The van der Waals surface area contributed by atoms with Gasteiger partial charge in [-0.05, 0) is 30.7 Å². The molecule has 0 spiro atoms. The van der Waals surface area contributed by atoms with Crippen LogP contribution in [0.25, 0.3) is 10.2 Å². The Labute approximate surface area is 172 Å². The first-order chi connectivity index (χ1) is 14.3. The Balaban J connectivity index is 1.35. The van der Waals surface area contributed by atoms with Crippen molar-refractivity contribution in [3.05, 3.63) is 63.5 Å². The molecule has 0 bridgehead atoms. The molecule has 30 heavy (non-hydrogen) atoms. The molecule has 0 radical (unpaired) electrons. The zero-order valence-corrected chi connectivity index (χ0v) is 16.1. The Morgan fingerprint density at radius 1 is 1.17 bits per heavy atom. The zero-order valence-electron chi connectivity index (χ0n) is 15.3. The molecule has 0 fully saturated rings. The number of rotatable bonds is 6. The van der Waals surface area contributed by atoms with Crippen LogP contribution >= 0.6 is 11.3 Å². The summed E-state index contributed by atoms with van der Waals surface area (Å²) in [6.45, 7) is -0.00137. The Hall–Kier alpha value is -3.73. The highest BCUT2D eigenvalue weighted by Gasteiger charge is 2.36. The van der Waals surface area contributed by atoms with Gasteiger partial charge in [-0.15, -0.1) is 0 Å². The van der Waals surface area contributed by atoms with E-state index in [-0.39, 0.29) is 42.1 Å². The summed E-state index contributed by atoms with van der Waals surface area (Å²) < 4.78 is 13.8. The number of imide groups is 1. The fourth-order valence-electron chi connectivity index (χ4n) is 3.13. The number of nitro groups is 1. The molecule has 11 heteroatoms. The quantitative estimate of drug-likeness (QED) is 0.365. The van der Waals surface area contributed by atoms with Gasteiger partial charge < -0.3 is 5.32 Å². The second kappa shape index (κ2) is 7.59. The van der Waals surface area contributed by atoms with E-state index in [9.17, 15) is 28.9 Å². The molecule has 0 unspecified atom stereocenters. The van der Waals surface area contributed by atoms with Gasteiger partial charge >= 0.3 is 0 Å². The second-order valence-corrected chi connectivity index (χ2v) is 7.56. The number of aromatic nitrogens is 1. The van der Waals surface area contributed by atoms with Gasteiger partial charge in [0, 0.05) is 25.1 Å². The summed E-state index contributed by atoms with van der Waals surface area (Å²) in [4.78, 5) is 52.4. The van der Waals surface area contributed by atoms with Crippen molar-refractivity contribution < 1.29 is 23.7 Å². The monoisotopic (exact) mass is 428 g/mol. The molecule has 0 aliphatic carbocycles. The van der Waals surface area contributed by atoms with Crippen molar-refractivity contribution >= 4 is 50.1 Å². The third-order valence-electron chi connectivity index (χ3n) is 4.55. The number of hydrogen-bond acceptors (Lipinski definition) is 7. The number of hydrogen-bond donors (Lipinski definition) is 1. The summed E-state index contributed by atoms with van der Waals surface area (Å²) in [6, 6.07) is 7.64. The van der Waals surface area contributed by atoms with Crippen LogP contribution in [0, 0.1) is 15.9 Å². The maximum Gasteiger partial charge on any atom is 0.270 e. The third kappa shape index (κ3) is 3.62. The Morgan fingerprint density at radius 3 is 2.70 bits per heavy atom. The number of nitrogens with one attached hydrogen (secondary N) is 1. The van der Waals surface area contributed by atoms with Crippen molar-refractivity contribution in [2.45, 2.75) is 12.8 Å². The molecule has 1 N–H and O–H groups in total. The van der Waals surface area contributed by atoms with Gasteiger partial charge in [0.2, 0.25) is 5.91 Å². The molecule has 2 heterocycles. The molecular formula is C19H13FN4O5S. The fraction of sp³-hybridized carbons (Fsp3) is 0.158. The van der Waals surface area contributed by atoms with E-state index in [2.05, 4.69) is 10.3 Å². The van der Waals surface area contributed by atoms with Gasteiger partial charge in [0.25, 0.3) is 17.5 Å². The lowest BCUT2D eigenvalue weighted by Gasteiger charge is -2.13. The summed E-state index contributed by atoms with van der Waals surface area (Å²) in [5, 5.41) is 13.8. The largest absolute Gasteiger partial charge is 0.302 e. The Kier molecular flexibility index (Phi) is 4.96. The molecule has 152 valence electrons. The van der Waals surface area contributed by atoms with Gasteiger partial charge in [0.05, 0.1) is 26.3 Å². The molecule has 1 aliphatic rings. The van der Waals surface area contributed by atoms with Gasteiger partial charge in [-0.2, -0.15) is 0 Å². The number of halogens is 1. The first-order valence-electron chi connectivity index (χ1n) is 8.84. The van der Waals surface area contributed by atoms with E-state index >= 15 is 0 Å². The number of nitrogens with zero attached hydrogens (tertiary/aromatic N) is 3. The van der Waals surface area contributed by atoms with Crippen molar-refractivity contribution in [2.24, 2.45) is 0 Å². The van der Waals surface area contributed by atoms with Crippen LogP contribution in [0.4, 0.5) is 15.2 Å². The predicted molar refractivity (Wildman–Crippen MR) is 106 cm³/mol. The maximum absolute atomic E-state index is 13.2. The lowest BCUT2D eigenvalue weighted by Crippen LogP contribution is -2.31. The van der Waals surface area contributed by atoms with Gasteiger partial charge in [-0.1, -0.05) is 11.3 Å². The zero-order chi connectivity index (χ0) is 21.4. The molecule has 1 aromatic heterocycles. The Bertz CT molecular complexity index is 1220. The molecule has 3 amide bonds. The summed E-state index contributed by atoms with van der Waals surface area (Å²) in [5.74, 6) is -1.91. The predicted octanol–water partition coefficient (Wildman–Crippen LogP) is 3.36. The highest BCUT2D eigenvalue weighted by molar-refractivity contribution is 7.22. The number of non-ortho nitro benzene ring substituents is 1. The maximum atomic E-state index is 13.2. The van der Waals surface area contributed by atoms with E-state index in [1.54, 1.807) is 0 Å². The van der Waals surface area contributed by atoms with Crippen molar-refractivity contribution in [2.75, 3.05) is 11.9 Å². The lowest BCUT2D eigenvalue weighted by molar-refractivity contribution is -0.384. The number of fused-ring (bicyclic) bond motifs is 2. The van der Waals surface area contributed by atoms with Gasteiger partial charge in [0.1, 0.15) is 5.82 Å². The van der Waals surface area contributed by atoms with Crippen LogP contribution in [0.15, 0.2) is 36.4 Å². The van der Waals surface area contributed by atoms with Crippen LogP contribution in [0.2, 0.25) is 0 Å². The lowest BCUT2D eigenvalue weighted by atomic mass is 10.1. The summed E-state index contributed by atoms with van der Waals surface area (Å²) in [5.41, 5.74) is 0.390. The van der Waals surface area contributed by atoms with Crippen molar-refractivity contribution in [1.29, 1.82) is 0 Å². The van der Waals surface area contributed by atoms with E-state index in [4.69, 9.17) is 0 Å². The average Bonchev–Trinajstić information content (AvgIpc) is 3.20. The van der Waals surface area contributed by atoms with Gasteiger partial charge in [0.15, 0.2) is 5.13 Å². The van der Waals surface area contributed by atoms with Crippen LogP contribution in [-0.4, -0.2) is 39.1 Å². The van der Waals surface area contributed by atoms with E-state index in [1.807, 2.05) is 0 Å². The molecular weight excluding hydrogens is 415 g/mol. The van der Waals surface area contributed by atoms with Crippen molar-refractivity contribution in [3.63, 3.8) is 0 Å². The highest BCUT2D eigenvalue weighted by Crippen LogP contribution is 2.28. The molecule has 3 aromatic rings. The molecule has 0 atom stereocenters. The van der Waals surface area contributed by atoms with Crippen LogP contribution in [0.1, 0.15) is 33.6 Å². The standard InChI is InChI=1S/C19H13FN4O5S/c20-10-3-6-14-15(8-10)30-19(21-14)22-16(25)2-1-7-23-17(26)12-5-4-11(24(28)29)9-13(12)18(23)27/h3-6,8-9H,1-2,7H2,(H,21,22,25). The second-order valence-electron chi connectivity index (χ2n) is 6.53. The minimum Gasteiger partial charge on any atom is -0.302 e. The van der Waals surface area contributed by atoms with E-state index in [0.717, 1.165) is 22.3 Å². The van der Waals surface area contributed by atoms with E-state index in [0.29, 0.717) is 15.3 Å². The van der Waals surface area contributed by atoms with E-state index in [1.165, 1.54) is 30.3 Å². The number of amides is 3. The van der Waals surface area contributed by atoms with Gasteiger partial charge in [-0.3, -0.25) is 29.4 Å². The van der Waals surface area contributed by atoms with Crippen LogP contribution in [0.3, 0.4) is 0 Å².